The molecule has 1 aliphatic rings. The largest absolute Gasteiger partial charge is 0.354 e. The topological polar surface area (TPSA) is 63.2 Å². The van der Waals surface area contributed by atoms with E-state index in [1.165, 1.54) is 87.6 Å². The fourth-order valence-electron chi connectivity index (χ4n) is 13.1. The number of hydrogen-bond donors (Lipinski definition) is 4. The highest BCUT2D eigenvalue weighted by Gasteiger charge is 2.33. The third kappa shape index (κ3) is 5.95. The molecule has 4 N–H and O–H groups in total. The number of aromatic amines is 4. The second-order valence-corrected chi connectivity index (χ2v) is 20.6. The minimum Gasteiger partial charge on any atom is -0.354 e. The van der Waals surface area contributed by atoms with Gasteiger partial charge >= 0.3 is 0 Å². The Morgan fingerprint density at radius 2 is 0.408 bits per heavy atom. The average Bonchev–Trinajstić information content (AvgIpc) is 4.45. The Labute approximate surface area is 436 Å². The van der Waals surface area contributed by atoms with Crippen LogP contribution in [0.3, 0.4) is 0 Å². The highest BCUT2D eigenvalue weighted by molar-refractivity contribution is 6.24. The van der Waals surface area contributed by atoms with Gasteiger partial charge < -0.3 is 19.9 Å². The molecule has 0 spiro atoms. The van der Waals surface area contributed by atoms with Gasteiger partial charge in [-0.05, 0) is 136 Å². The van der Waals surface area contributed by atoms with Crippen LogP contribution in [0.25, 0.3) is 176 Å². The summed E-state index contributed by atoms with van der Waals surface area (Å²) in [6.07, 6.45) is 0. The second kappa shape index (κ2) is 15.7. The number of aromatic nitrogens is 4. The fraction of sp³-hybridized carbons (Fsp3) is 0. The van der Waals surface area contributed by atoms with Crippen molar-refractivity contribution in [1.29, 1.82) is 0 Å². The number of benzene rings is 12. The maximum absolute atomic E-state index is 4.14. The first-order valence-electron chi connectivity index (χ1n) is 26.2. The van der Waals surface area contributed by atoms with Gasteiger partial charge in [-0.2, -0.15) is 0 Å². The first kappa shape index (κ1) is 41.3. The molecule has 0 saturated heterocycles. The molecule has 352 valence electrons. The lowest BCUT2D eigenvalue weighted by atomic mass is 9.87. The van der Waals surface area contributed by atoms with Crippen LogP contribution in [0.15, 0.2) is 243 Å². The lowest BCUT2D eigenvalue weighted by Crippen LogP contribution is -1.94. The van der Waals surface area contributed by atoms with E-state index >= 15 is 0 Å². The standard InChI is InChI=1S/C72H44N4/c1-5-21-49-41(13-1)17-9-25-53(49)45-29-33-61-57(37-45)65-69(73-61)66-59-39-47(55-27-11-19-43-15-3-7-23-51(43)55)31-35-63(59)75-71(66)68-60-40-48(56-28-12-20-44-16-4-8-24-52(44)56)32-36-64(60)76-72(68)67-58-38-46(30-34-62(58)74-70(65)67)54-26-10-18-42-14-2-6-22-50(42)54/h1-40,73-76H. The molecule has 12 aromatic carbocycles. The maximum atomic E-state index is 4.14. The van der Waals surface area contributed by atoms with E-state index in [1.54, 1.807) is 0 Å². The third-order valence-corrected chi connectivity index (χ3v) is 16.6. The van der Waals surface area contributed by atoms with Gasteiger partial charge in [0, 0.05) is 65.9 Å². The van der Waals surface area contributed by atoms with E-state index in [9.17, 15) is 0 Å². The molecule has 0 fully saturated rings. The minimum atomic E-state index is 1.08. The quantitative estimate of drug-likeness (QED) is 0.136. The van der Waals surface area contributed by atoms with Crippen LogP contribution in [0.2, 0.25) is 0 Å². The molecule has 0 radical (unpaired) electrons. The molecule has 4 heterocycles. The molecule has 4 aromatic heterocycles. The first-order valence-corrected chi connectivity index (χ1v) is 26.2. The fourth-order valence-corrected chi connectivity index (χ4v) is 13.1. The van der Waals surface area contributed by atoms with Crippen molar-refractivity contribution in [2.75, 3.05) is 0 Å². The van der Waals surface area contributed by atoms with Gasteiger partial charge in [0.15, 0.2) is 0 Å². The van der Waals surface area contributed by atoms with E-state index in [4.69, 9.17) is 0 Å². The summed E-state index contributed by atoms with van der Waals surface area (Å²) in [7, 11) is 0. The molecule has 4 nitrogen and oxygen atoms in total. The smallest absolute Gasteiger partial charge is 0.0588 e. The van der Waals surface area contributed by atoms with Crippen LogP contribution in [0, 0.1) is 0 Å². The van der Waals surface area contributed by atoms with Crippen molar-refractivity contribution in [3.63, 3.8) is 0 Å². The van der Waals surface area contributed by atoms with E-state index in [2.05, 4.69) is 263 Å². The summed E-state index contributed by atoms with van der Waals surface area (Å²) in [6.45, 7) is 0. The molecule has 1 aliphatic carbocycles. The van der Waals surface area contributed by atoms with Crippen molar-refractivity contribution < 1.29 is 0 Å². The second-order valence-electron chi connectivity index (χ2n) is 20.6. The normalized spacial score (nSPS) is 12.2. The molecule has 0 bridgehead atoms. The van der Waals surface area contributed by atoms with Crippen LogP contribution in [-0.4, -0.2) is 19.9 Å². The van der Waals surface area contributed by atoms with Crippen LogP contribution in [0.1, 0.15) is 0 Å². The summed E-state index contributed by atoms with van der Waals surface area (Å²) in [4.78, 5) is 16.6. The van der Waals surface area contributed by atoms with Gasteiger partial charge in [0.1, 0.15) is 0 Å². The Morgan fingerprint density at radius 3 is 0.658 bits per heavy atom. The van der Waals surface area contributed by atoms with Gasteiger partial charge in [0.25, 0.3) is 0 Å². The van der Waals surface area contributed by atoms with Gasteiger partial charge in [0.2, 0.25) is 0 Å². The number of rotatable bonds is 4. The molecule has 0 aliphatic heterocycles. The van der Waals surface area contributed by atoms with Gasteiger partial charge in [-0.15, -0.1) is 0 Å². The van der Waals surface area contributed by atoms with Crippen molar-refractivity contribution in [2.24, 2.45) is 0 Å². The van der Waals surface area contributed by atoms with Gasteiger partial charge in [-0.25, -0.2) is 0 Å². The zero-order valence-electron chi connectivity index (χ0n) is 41.1. The summed E-state index contributed by atoms with van der Waals surface area (Å²) in [5, 5.41) is 14.5. The molecule has 0 atom stereocenters. The number of H-pyrrole nitrogens is 4. The summed E-state index contributed by atoms with van der Waals surface area (Å²) < 4.78 is 0. The van der Waals surface area contributed by atoms with Crippen molar-refractivity contribution in [2.45, 2.75) is 0 Å². The zero-order chi connectivity index (χ0) is 49.6. The Morgan fingerprint density at radius 1 is 0.184 bits per heavy atom. The number of nitrogens with one attached hydrogen (secondary N) is 4. The predicted molar refractivity (Wildman–Crippen MR) is 321 cm³/mol. The number of fused-ring (bicyclic) bond motifs is 20. The van der Waals surface area contributed by atoms with E-state index in [0.717, 1.165) is 88.6 Å². The van der Waals surface area contributed by atoms with E-state index < -0.39 is 0 Å². The van der Waals surface area contributed by atoms with Crippen molar-refractivity contribution >= 4 is 86.7 Å². The minimum absolute atomic E-state index is 1.08. The van der Waals surface area contributed by atoms with E-state index in [0.29, 0.717) is 0 Å². The van der Waals surface area contributed by atoms with Crippen molar-refractivity contribution in [1.82, 2.24) is 19.9 Å². The van der Waals surface area contributed by atoms with Crippen molar-refractivity contribution in [3.8, 4) is 89.5 Å². The van der Waals surface area contributed by atoms with Crippen LogP contribution >= 0.6 is 0 Å². The van der Waals surface area contributed by atoms with Crippen LogP contribution in [-0.2, 0) is 0 Å². The van der Waals surface area contributed by atoms with Gasteiger partial charge in [0.05, 0.1) is 22.8 Å². The summed E-state index contributed by atoms with van der Waals surface area (Å²) in [6, 6.07) is 89.5. The Bertz CT molecular complexity index is 4430. The lowest BCUT2D eigenvalue weighted by Gasteiger charge is -2.16. The summed E-state index contributed by atoms with van der Waals surface area (Å²) in [5.41, 5.74) is 22.8. The van der Waals surface area contributed by atoms with Crippen LogP contribution in [0.5, 0.6) is 0 Å². The van der Waals surface area contributed by atoms with E-state index in [1.807, 2.05) is 0 Å². The molecule has 0 amide bonds. The highest BCUT2D eigenvalue weighted by Crippen LogP contribution is 2.56. The molecular weight excluding hydrogens is 921 g/mol. The van der Waals surface area contributed by atoms with Crippen LogP contribution in [0.4, 0.5) is 0 Å². The number of hydrogen-bond acceptors (Lipinski definition) is 0. The average molecular weight is 965 g/mol. The molecule has 4 heteroatoms. The summed E-state index contributed by atoms with van der Waals surface area (Å²) >= 11 is 0. The third-order valence-electron chi connectivity index (χ3n) is 16.6. The molecular formula is C72H44N4. The Kier molecular flexibility index (Phi) is 8.52. The highest BCUT2D eigenvalue weighted by atomic mass is 14.8. The van der Waals surface area contributed by atoms with Crippen molar-refractivity contribution in [3.05, 3.63) is 243 Å². The first-order chi connectivity index (χ1) is 37.7. The molecule has 17 rings (SSSR count). The monoisotopic (exact) mass is 964 g/mol. The van der Waals surface area contributed by atoms with Crippen LogP contribution < -0.4 is 0 Å². The van der Waals surface area contributed by atoms with Gasteiger partial charge in [-0.1, -0.05) is 194 Å². The molecule has 0 saturated carbocycles. The molecule has 16 aromatic rings. The lowest BCUT2D eigenvalue weighted by molar-refractivity contribution is 1.38. The van der Waals surface area contributed by atoms with Gasteiger partial charge in [-0.3, -0.25) is 0 Å². The summed E-state index contributed by atoms with van der Waals surface area (Å²) in [5.74, 6) is 0. The Balaban J connectivity index is 1.02. The predicted octanol–water partition coefficient (Wildman–Crippen LogP) is 19.9. The molecule has 0 unspecified atom stereocenters. The molecule has 76 heavy (non-hydrogen) atoms. The van der Waals surface area contributed by atoms with E-state index in [-0.39, 0.29) is 0 Å². The zero-order valence-corrected chi connectivity index (χ0v) is 41.1. The Hall–Kier alpha value is -10.2. The maximum Gasteiger partial charge on any atom is 0.0588 e. The SMILES string of the molecule is c1ccc2c(-c3ccc4[nH]c5c(c4c3)-c3[nH]c4ccc(-c6cccc7ccccc67)cc4c3-c3[nH]c4ccc(-c6cccc7ccccc67)cc4c3-c3[nH]c4ccc(-c6cccc7ccccc67)cc4c3-5)cccc2c1.